The topological polar surface area (TPSA) is 0 Å². The van der Waals surface area contributed by atoms with Crippen molar-refractivity contribution in [1.29, 1.82) is 0 Å². The first-order valence-electron chi connectivity index (χ1n) is 6.77. The molecule has 1 saturated carbocycles. The molecule has 0 aromatic carbocycles. The molecule has 1 aliphatic carbocycles. The zero-order chi connectivity index (χ0) is 10.1. The molecule has 0 bridgehead atoms. The third kappa shape index (κ3) is 5.67. The van der Waals surface area contributed by atoms with E-state index in [-0.39, 0.29) is 0 Å². The fraction of sp³-hybridized carbons (Fsp3) is 0.929. The Bertz CT molecular complexity index is 111. The standard InChI is InChI=1S/C14H27/c1-2-3-4-5-6-8-11-14-12-9-7-10-13-14/h2-13H2,1H3. The van der Waals surface area contributed by atoms with Crippen LogP contribution in [0.5, 0.6) is 0 Å². The van der Waals surface area contributed by atoms with Gasteiger partial charge in [0.25, 0.3) is 0 Å². The molecule has 0 nitrogen and oxygen atoms in total. The van der Waals surface area contributed by atoms with Crippen LogP contribution in [0.3, 0.4) is 0 Å². The van der Waals surface area contributed by atoms with Crippen LogP contribution in [0, 0.1) is 5.92 Å². The third-order valence-corrected chi connectivity index (χ3v) is 3.44. The molecule has 0 spiro atoms. The van der Waals surface area contributed by atoms with Gasteiger partial charge in [-0.25, -0.2) is 0 Å². The predicted octanol–water partition coefficient (Wildman–Crippen LogP) is 5.28. The fourth-order valence-corrected chi connectivity index (χ4v) is 2.46. The lowest BCUT2D eigenvalue weighted by Gasteiger charge is -2.20. The van der Waals surface area contributed by atoms with Gasteiger partial charge in [0.15, 0.2) is 0 Å². The summed E-state index contributed by atoms with van der Waals surface area (Å²) in [5.74, 6) is 1.88. The number of unbranched alkanes of at least 4 members (excludes halogenated alkanes) is 5. The van der Waals surface area contributed by atoms with E-state index in [1.165, 1.54) is 77.0 Å². The van der Waals surface area contributed by atoms with Crippen molar-refractivity contribution in [3.05, 3.63) is 5.92 Å². The monoisotopic (exact) mass is 195 g/mol. The van der Waals surface area contributed by atoms with E-state index in [0.717, 1.165) is 0 Å². The van der Waals surface area contributed by atoms with Gasteiger partial charge < -0.3 is 0 Å². The van der Waals surface area contributed by atoms with Crippen LogP contribution < -0.4 is 0 Å². The highest BCUT2D eigenvalue weighted by molar-refractivity contribution is 4.91. The molecule has 0 heterocycles. The first kappa shape index (κ1) is 12.1. The summed E-state index contributed by atoms with van der Waals surface area (Å²) >= 11 is 0. The average Bonchev–Trinajstić information content (AvgIpc) is 2.25. The fourth-order valence-electron chi connectivity index (χ4n) is 2.46. The van der Waals surface area contributed by atoms with Crippen LogP contribution in [-0.4, -0.2) is 0 Å². The van der Waals surface area contributed by atoms with E-state index >= 15 is 0 Å². The van der Waals surface area contributed by atoms with Gasteiger partial charge in [-0.05, 0) is 25.2 Å². The summed E-state index contributed by atoms with van der Waals surface area (Å²) in [4.78, 5) is 0. The molecule has 1 radical (unpaired) electrons. The van der Waals surface area contributed by atoms with Crippen molar-refractivity contribution in [2.24, 2.45) is 0 Å². The van der Waals surface area contributed by atoms with Gasteiger partial charge in [0, 0.05) is 0 Å². The highest BCUT2D eigenvalue weighted by atomic mass is 14.2. The normalized spacial score (nSPS) is 18.6. The molecule has 0 saturated heterocycles. The van der Waals surface area contributed by atoms with Gasteiger partial charge in [-0.2, -0.15) is 0 Å². The van der Waals surface area contributed by atoms with Gasteiger partial charge in [-0.15, -0.1) is 0 Å². The van der Waals surface area contributed by atoms with E-state index in [1.54, 1.807) is 0 Å². The Morgan fingerprint density at radius 1 is 0.786 bits per heavy atom. The highest BCUT2D eigenvalue weighted by Gasteiger charge is 2.12. The van der Waals surface area contributed by atoms with E-state index in [4.69, 9.17) is 0 Å². The quantitative estimate of drug-likeness (QED) is 0.485. The minimum Gasteiger partial charge on any atom is -0.0654 e. The second-order valence-corrected chi connectivity index (χ2v) is 4.83. The molecule has 83 valence electrons. The summed E-state index contributed by atoms with van der Waals surface area (Å²) in [7, 11) is 0. The SMILES string of the molecule is CCCCCCCC[C]1CCCCC1. The van der Waals surface area contributed by atoms with Crippen molar-refractivity contribution in [1.82, 2.24) is 0 Å². The van der Waals surface area contributed by atoms with Gasteiger partial charge >= 0.3 is 0 Å². The van der Waals surface area contributed by atoms with E-state index in [0.29, 0.717) is 0 Å². The Labute approximate surface area is 90.5 Å². The molecule has 0 aromatic rings. The molecule has 1 rings (SSSR count). The second-order valence-electron chi connectivity index (χ2n) is 4.83. The summed E-state index contributed by atoms with van der Waals surface area (Å²) in [6.07, 6.45) is 17.5. The summed E-state index contributed by atoms with van der Waals surface area (Å²) in [5, 5.41) is 0. The van der Waals surface area contributed by atoms with E-state index in [1.807, 2.05) is 5.92 Å². The molecular formula is C14H27. The Hall–Kier alpha value is 0. The van der Waals surface area contributed by atoms with E-state index in [9.17, 15) is 0 Å². The van der Waals surface area contributed by atoms with Crippen molar-refractivity contribution in [3.8, 4) is 0 Å². The lowest BCUT2D eigenvalue weighted by Crippen LogP contribution is -2.03. The largest absolute Gasteiger partial charge is 0.0654 e. The molecule has 0 heteroatoms. The minimum absolute atomic E-state index is 1.37. The van der Waals surface area contributed by atoms with E-state index < -0.39 is 0 Å². The minimum atomic E-state index is 1.37. The van der Waals surface area contributed by atoms with Gasteiger partial charge in [-0.3, -0.25) is 0 Å². The molecular weight excluding hydrogens is 168 g/mol. The molecule has 0 atom stereocenters. The average molecular weight is 195 g/mol. The van der Waals surface area contributed by atoms with Crippen LogP contribution >= 0.6 is 0 Å². The van der Waals surface area contributed by atoms with Crippen molar-refractivity contribution in [2.45, 2.75) is 84.0 Å². The lowest BCUT2D eigenvalue weighted by molar-refractivity contribution is 0.485. The highest BCUT2D eigenvalue weighted by Crippen LogP contribution is 2.29. The summed E-state index contributed by atoms with van der Waals surface area (Å²) in [6.45, 7) is 2.29. The number of rotatable bonds is 7. The molecule has 14 heavy (non-hydrogen) atoms. The maximum atomic E-state index is 2.29. The zero-order valence-corrected chi connectivity index (χ0v) is 9.99. The Kier molecular flexibility index (Phi) is 7.17. The van der Waals surface area contributed by atoms with Crippen molar-refractivity contribution < 1.29 is 0 Å². The van der Waals surface area contributed by atoms with Crippen LogP contribution in [0.25, 0.3) is 0 Å². The predicted molar refractivity (Wildman–Crippen MR) is 64.3 cm³/mol. The van der Waals surface area contributed by atoms with Crippen molar-refractivity contribution in [3.63, 3.8) is 0 Å². The van der Waals surface area contributed by atoms with Crippen LogP contribution in [0.1, 0.15) is 84.0 Å². The molecule has 1 fully saturated rings. The summed E-state index contributed by atoms with van der Waals surface area (Å²) in [6, 6.07) is 0. The Balaban J connectivity index is 1.82. The lowest BCUT2D eigenvalue weighted by atomic mass is 9.85. The Morgan fingerprint density at radius 2 is 1.43 bits per heavy atom. The summed E-state index contributed by atoms with van der Waals surface area (Å²) < 4.78 is 0. The molecule has 1 aliphatic rings. The van der Waals surface area contributed by atoms with Crippen molar-refractivity contribution >= 4 is 0 Å². The molecule has 0 aliphatic heterocycles. The number of hydrogen-bond donors (Lipinski definition) is 0. The second kappa shape index (κ2) is 8.32. The first-order chi connectivity index (χ1) is 6.93. The zero-order valence-electron chi connectivity index (χ0n) is 9.99. The maximum absolute atomic E-state index is 2.29. The van der Waals surface area contributed by atoms with Gasteiger partial charge in [-0.1, -0.05) is 64.7 Å². The van der Waals surface area contributed by atoms with E-state index in [2.05, 4.69) is 6.92 Å². The van der Waals surface area contributed by atoms with Crippen molar-refractivity contribution in [2.75, 3.05) is 0 Å². The van der Waals surface area contributed by atoms with Crippen LogP contribution in [0.4, 0.5) is 0 Å². The van der Waals surface area contributed by atoms with Gasteiger partial charge in [0.1, 0.15) is 0 Å². The van der Waals surface area contributed by atoms with Gasteiger partial charge in [0.2, 0.25) is 0 Å². The Morgan fingerprint density at radius 3 is 2.14 bits per heavy atom. The van der Waals surface area contributed by atoms with Crippen LogP contribution in [0.15, 0.2) is 0 Å². The first-order valence-corrected chi connectivity index (χ1v) is 6.77. The summed E-state index contributed by atoms with van der Waals surface area (Å²) in [5.41, 5.74) is 0. The molecule has 0 aromatic heterocycles. The van der Waals surface area contributed by atoms with Crippen LogP contribution in [0.2, 0.25) is 0 Å². The number of hydrogen-bond acceptors (Lipinski definition) is 0. The smallest absolute Gasteiger partial charge is 0.0241 e. The molecule has 0 N–H and O–H groups in total. The third-order valence-electron chi connectivity index (χ3n) is 3.44. The van der Waals surface area contributed by atoms with Gasteiger partial charge in [0.05, 0.1) is 0 Å². The molecule has 0 amide bonds. The molecule has 0 unspecified atom stereocenters. The van der Waals surface area contributed by atoms with Crippen LogP contribution in [-0.2, 0) is 0 Å². The maximum Gasteiger partial charge on any atom is -0.0241 e.